The molecule has 2 heterocycles. The highest BCUT2D eigenvalue weighted by Gasteiger charge is 2.20. The molecule has 6 heteroatoms. The van der Waals surface area contributed by atoms with E-state index in [1.807, 2.05) is 18.2 Å². The SMILES string of the molecule is CCCc1ccc(N2CCN(C[C@H](O)COc3ccc4c(c3)CCC(=O)N4)CC2)cc1. The Kier molecular flexibility index (Phi) is 7.10. The molecule has 1 fully saturated rings. The number of anilines is 2. The second-order valence-electron chi connectivity index (χ2n) is 8.54. The summed E-state index contributed by atoms with van der Waals surface area (Å²) in [6.07, 6.45) is 3.02. The number of rotatable bonds is 8. The number of hydrogen-bond acceptors (Lipinski definition) is 5. The number of nitrogens with zero attached hydrogens (tertiary/aromatic N) is 2. The van der Waals surface area contributed by atoms with Gasteiger partial charge in [0.15, 0.2) is 0 Å². The van der Waals surface area contributed by atoms with Crippen LogP contribution in [0.5, 0.6) is 5.75 Å². The molecule has 1 amide bonds. The number of benzene rings is 2. The predicted molar refractivity (Wildman–Crippen MR) is 124 cm³/mol. The summed E-state index contributed by atoms with van der Waals surface area (Å²) in [7, 11) is 0. The number of hydrogen-bond donors (Lipinski definition) is 2. The van der Waals surface area contributed by atoms with Crippen molar-refractivity contribution in [3.8, 4) is 5.75 Å². The zero-order chi connectivity index (χ0) is 21.6. The normalized spacial score (nSPS) is 17.7. The van der Waals surface area contributed by atoms with Crippen molar-refractivity contribution in [2.45, 2.75) is 38.7 Å². The lowest BCUT2D eigenvalue weighted by molar-refractivity contribution is -0.116. The summed E-state index contributed by atoms with van der Waals surface area (Å²) in [5.41, 5.74) is 4.64. The molecule has 2 aromatic rings. The summed E-state index contributed by atoms with van der Waals surface area (Å²) in [6.45, 7) is 6.90. The minimum absolute atomic E-state index is 0.0604. The maximum Gasteiger partial charge on any atom is 0.224 e. The quantitative estimate of drug-likeness (QED) is 0.683. The molecular formula is C25H33N3O3. The average molecular weight is 424 g/mol. The Morgan fingerprint density at radius 1 is 1.06 bits per heavy atom. The van der Waals surface area contributed by atoms with Gasteiger partial charge in [0.1, 0.15) is 18.5 Å². The van der Waals surface area contributed by atoms with Crippen LogP contribution in [0.4, 0.5) is 11.4 Å². The van der Waals surface area contributed by atoms with E-state index in [2.05, 4.69) is 46.3 Å². The van der Waals surface area contributed by atoms with E-state index in [0.717, 1.165) is 56.0 Å². The van der Waals surface area contributed by atoms with Gasteiger partial charge in [0.25, 0.3) is 0 Å². The first-order chi connectivity index (χ1) is 15.1. The fourth-order valence-electron chi connectivity index (χ4n) is 4.34. The highest BCUT2D eigenvalue weighted by atomic mass is 16.5. The molecule has 2 N–H and O–H groups in total. The van der Waals surface area contributed by atoms with Crippen LogP contribution in [0, 0.1) is 0 Å². The molecule has 4 rings (SSSR count). The third-order valence-electron chi connectivity index (χ3n) is 6.10. The van der Waals surface area contributed by atoms with Crippen molar-refractivity contribution in [2.24, 2.45) is 0 Å². The van der Waals surface area contributed by atoms with Crippen LogP contribution in [0.1, 0.15) is 30.9 Å². The zero-order valence-corrected chi connectivity index (χ0v) is 18.3. The molecule has 166 valence electrons. The van der Waals surface area contributed by atoms with Crippen molar-refractivity contribution in [1.82, 2.24) is 4.90 Å². The molecule has 0 bridgehead atoms. The van der Waals surface area contributed by atoms with Gasteiger partial charge in [-0.15, -0.1) is 0 Å². The lowest BCUT2D eigenvalue weighted by Gasteiger charge is -2.37. The molecule has 2 aliphatic heterocycles. The van der Waals surface area contributed by atoms with E-state index in [1.165, 1.54) is 17.7 Å². The van der Waals surface area contributed by atoms with Gasteiger partial charge in [-0.05, 0) is 54.3 Å². The third-order valence-corrected chi connectivity index (χ3v) is 6.10. The summed E-state index contributed by atoms with van der Waals surface area (Å²) in [5.74, 6) is 0.801. The van der Waals surface area contributed by atoms with Crippen molar-refractivity contribution in [3.05, 3.63) is 53.6 Å². The summed E-state index contributed by atoms with van der Waals surface area (Å²) < 4.78 is 5.82. The number of carbonyl (C=O) groups excluding carboxylic acids is 1. The topological polar surface area (TPSA) is 65.0 Å². The standard InChI is InChI=1S/C25H33N3O3/c1-2-3-19-4-7-21(8-5-19)28-14-12-27(13-15-28)17-22(29)18-31-23-9-10-24-20(16-23)6-11-25(30)26-24/h4-5,7-10,16,22,29H,2-3,6,11-15,17-18H2,1H3,(H,26,30)/t22-/m0/s1. The number of carbonyl (C=O) groups is 1. The van der Waals surface area contributed by atoms with E-state index in [9.17, 15) is 9.90 Å². The lowest BCUT2D eigenvalue weighted by Crippen LogP contribution is -2.49. The summed E-state index contributed by atoms with van der Waals surface area (Å²) >= 11 is 0. The van der Waals surface area contributed by atoms with E-state index in [4.69, 9.17) is 4.74 Å². The van der Waals surface area contributed by atoms with Gasteiger partial charge in [0, 0.05) is 50.5 Å². The van der Waals surface area contributed by atoms with Crippen LogP contribution in [0.25, 0.3) is 0 Å². The molecule has 2 aliphatic rings. The Hall–Kier alpha value is -2.57. The maximum atomic E-state index is 11.5. The molecule has 0 spiro atoms. The van der Waals surface area contributed by atoms with Gasteiger partial charge in [-0.25, -0.2) is 0 Å². The number of fused-ring (bicyclic) bond motifs is 1. The average Bonchev–Trinajstić information content (AvgIpc) is 2.79. The molecule has 0 radical (unpaired) electrons. The summed E-state index contributed by atoms with van der Waals surface area (Å²) in [4.78, 5) is 16.2. The van der Waals surface area contributed by atoms with Crippen LogP contribution in [0.3, 0.4) is 0 Å². The number of aliphatic hydroxyl groups excluding tert-OH is 1. The first-order valence-electron chi connectivity index (χ1n) is 11.4. The number of nitrogens with one attached hydrogen (secondary N) is 1. The van der Waals surface area contributed by atoms with E-state index in [1.54, 1.807) is 0 Å². The molecule has 0 unspecified atom stereocenters. The van der Waals surface area contributed by atoms with Gasteiger partial charge in [0.2, 0.25) is 5.91 Å². The molecule has 2 aromatic carbocycles. The van der Waals surface area contributed by atoms with Crippen molar-refractivity contribution in [1.29, 1.82) is 0 Å². The lowest BCUT2D eigenvalue weighted by atomic mass is 10.0. The van der Waals surface area contributed by atoms with Gasteiger partial charge < -0.3 is 20.1 Å². The maximum absolute atomic E-state index is 11.5. The van der Waals surface area contributed by atoms with Crippen LogP contribution >= 0.6 is 0 Å². The van der Waals surface area contributed by atoms with Crippen molar-refractivity contribution >= 4 is 17.3 Å². The Morgan fingerprint density at radius 2 is 1.84 bits per heavy atom. The Labute approximate surface area is 184 Å². The van der Waals surface area contributed by atoms with Crippen molar-refractivity contribution < 1.29 is 14.6 Å². The number of piperazine rings is 1. The predicted octanol–water partition coefficient (Wildman–Crippen LogP) is 3.09. The summed E-state index contributed by atoms with van der Waals surface area (Å²) in [5, 5.41) is 13.3. The largest absolute Gasteiger partial charge is 0.491 e. The number of aliphatic hydroxyl groups is 1. The van der Waals surface area contributed by atoms with E-state index >= 15 is 0 Å². The number of amides is 1. The van der Waals surface area contributed by atoms with Gasteiger partial charge in [-0.2, -0.15) is 0 Å². The number of ether oxygens (including phenoxy) is 1. The van der Waals surface area contributed by atoms with Gasteiger partial charge >= 0.3 is 0 Å². The van der Waals surface area contributed by atoms with E-state index in [-0.39, 0.29) is 12.5 Å². The van der Waals surface area contributed by atoms with E-state index in [0.29, 0.717) is 13.0 Å². The highest BCUT2D eigenvalue weighted by molar-refractivity contribution is 5.94. The summed E-state index contributed by atoms with van der Waals surface area (Å²) in [6, 6.07) is 14.6. The van der Waals surface area contributed by atoms with Crippen molar-refractivity contribution in [2.75, 3.05) is 49.5 Å². The van der Waals surface area contributed by atoms with Crippen LogP contribution in [0.2, 0.25) is 0 Å². The fraction of sp³-hybridized carbons (Fsp3) is 0.480. The third kappa shape index (κ3) is 5.77. The van der Waals surface area contributed by atoms with Gasteiger partial charge in [-0.1, -0.05) is 25.5 Å². The highest BCUT2D eigenvalue weighted by Crippen LogP contribution is 2.27. The number of β-amino-alcohol motifs (C(OH)–C–C–N with tert-alkyl or cyclic N) is 1. The smallest absolute Gasteiger partial charge is 0.224 e. The van der Waals surface area contributed by atoms with Crippen molar-refractivity contribution in [3.63, 3.8) is 0 Å². The van der Waals surface area contributed by atoms with Crippen LogP contribution < -0.4 is 15.0 Å². The number of aryl methyl sites for hydroxylation is 2. The first-order valence-corrected chi connectivity index (χ1v) is 11.4. The molecule has 1 saturated heterocycles. The Balaban J connectivity index is 1.20. The van der Waals surface area contributed by atoms with Crippen LogP contribution in [0.15, 0.2) is 42.5 Å². The molecule has 31 heavy (non-hydrogen) atoms. The fourth-order valence-corrected chi connectivity index (χ4v) is 4.34. The molecular weight excluding hydrogens is 390 g/mol. The molecule has 0 saturated carbocycles. The monoisotopic (exact) mass is 423 g/mol. The minimum Gasteiger partial charge on any atom is -0.491 e. The Morgan fingerprint density at radius 3 is 2.58 bits per heavy atom. The molecule has 1 atom stereocenters. The van der Waals surface area contributed by atoms with Crippen LogP contribution in [-0.2, 0) is 17.6 Å². The van der Waals surface area contributed by atoms with Gasteiger partial charge in [-0.3, -0.25) is 9.69 Å². The van der Waals surface area contributed by atoms with E-state index < -0.39 is 6.10 Å². The Bertz CT molecular complexity index is 876. The first kappa shape index (κ1) is 21.7. The van der Waals surface area contributed by atoms with Gasteiger partial charge in [0.05, 0.1) is 0 Å². The second-order valence-corrected chi connectivity index (χ2v) is 8.54. The van der Waals surface area contributed by atoms with Crippen LogP contribution in [-0.4, -0.2) is 61.3 Å². The molecule has 6 nitrogen and oxygen atoms in total. The molecule has 0 aromatic heterocycles. The zero-order valence-electron chi connectivity index (χ0n) is 18.3. The molecule has 0 aliphatic carbocycles. The minimum atomic E-state index is -0.532. The second kappa shape index (κ2) is 10.2.